The van der Waals surface area contributed by atoms with Gasteiger partial charge in [0, 0.05) is 18.9 Å². The van der Waals surface area contributed by atoms with Crippen molar-refractivity contribution in [3.8, 4) is 0 Å². The average Bonchev–Trinajstić information content (AvgIpc) is 2.92. The van der Waals surface area contributed by atoms with Gasteiger partial charge in [-0.05, 0) is 58.6 Å². The van der Waals surface area contributed by atoms with E-state index < -0.39 is 5.97 Å². The molecule has 5 rings (SSSR count). The molecule has 1 fully saturated rings. The van der Waals surface area contributed by atoms with Crippen molar-refractivity contribution in [3.05, 3.63) is 117 Å². The Balaban J connectivity index is 1.17. The maximum absolute atomic E-state index is 12.4. The van der Waals surface area contributed by atoms with Crippen LogP contribution in [0, 0.1) is 0 Å². The van der Waals surface area contributed by atoms with Crippen LogP contribution in [0.25, 0.3) is 10.8 Å². The second-order valence-corrected chi connectivity index (χ2v) is 10.2. The first kappa shape index (κ1) is 25.7. The molecule has 4 aromatic rings. The molecule has 0 aliphatic carbocycles. The Morgan fingerprint density at radius 2 is 1.59 bits per heavy atom. The predicted octanol–water partition coefficient (Wildman–Crippen LogP) is 7.21. The van der Waals surface area contributed by atoms with Crippen molar-refractivity contribution in [1.29, 1.82) is 0 Å². The molecule has 37 heavy (non-hydrogen) atoms. The molecule has 190 valence electrons. The van der Waals surface area contributed by atoms with Crippen LogP contribution in [-0.2, 0) is 22.5 Å². The number of esters is 1. The molecule has 1 aliphatic rings. The van der Waals surface area contributed by atoms with E-state index in [-0.39, 0.29) is 18.3 Å². The van der Waals surface area contributed by atoms with Crippen molar-refractivity contribution in [3.63, 3.8) is 0 Å². The summed E-state index contributed by atoms with van der Waals surface area (Å²) >= 11 is 12.2. The Hall–Kier alpha value is -2.89. The number of halogens is 2. The lowest BCUT2D eigenvalue weighted by Crippen LogP contribution is -2.40. The van der Waals surface area contributed by atoms with Crippen molar-refractivity contribution < 1.29 is 14.3 Å². The Kier molecular flexibility index (Phi) is 8.42. The fraction of sp³-hybridized carbons (Fsp3) is 0.258. The van der Waals surface area contributed by atoms with Crippen LogP contribution >= 0.6 is 23.2 Å². The smallest absolute Gasteiger partial charge is 0.341 e. The average molecular weight is 534 g/mol. The first-order valence-electron chi connectivity index (χ1n) is 12.6. The lowest BCUT2D eigenvalue weighted by atomic mass is 9.87. The van der Waals surface area contributed by atoms with Crippen LogP contribution in [0.5, 0.6) is 0 Å². The molecule has 1 saturated heterocycles. The van der Waals surface area contributed by atoms with Crippen LogP contribution < -0.4 is 5.32 Å². The zero-order valence-corrected chi connectivity index (χ0v) is 22.0. The molecule has 2 unspecified atom stereocenters. The topological polar surface area (TPSA) is 47.6 Å². The molecule has 4 aromatic carbocycles. The summed E-state index contributed by atoms with van der Waals surface area (Å²) in [5.74, 6) is -0.177. The zero-order chi connectivity index (χ0) is 25.6. The molecule has 0 radical (unpaired) electrons. The highest BCUT2D eigenvalue weighted by molar-refractivity contribution is 6.39. The Morgan fingerprint density at radius 3 is 2.38 bits per heavy atom. The number of piperidine rings is 1. The fourth-order valence-corrected chi connectivity index (χ4v) is 5.43. The summed E-state index contributed by atoms with van der Waals surface area (Å²) in [4.78, 5) is 12.4. The van der Waals surface area contributed by atoms with Gasteiger partial charge in [0.25, 0.3) is 0 Å². The number of fused-ring (bicyclic) bond motifs is 1. The van der Waals surface area contributed by atoms with Gasteiger partial charge in [0.1, 0.15) is 0 Å². The van der Waals surface area contributed by atoms with Gasteiger partial charge in [0.2, 0.25) is 0 Å². The van der Waals surface area contributed by atoms with E-state index in [1.54, 1.807) is 18.2 Å². The van der Waals surface area contributed by atoms with E-state index in [9.17, 15) is 4.79 Å². The molecule has 0 aromatic heterocycles. The highest BCUT2D eigenvalue weighted by atomic mass is 35.5. The molecular weight excluding hydrogens is 505 g/mol. The van der Waals surface area contributed by atoms with Gasteiger partial charge in [-0.25, -0.2) is 4.79 Å². The van der Waals surface area contributed by atoms with Crippen molar-refractivity contribution in [2.24, 2.45) is 0 Å². The summed E-state index contributed by atoms with van der Waals surface area (Å²) in [5, 5.41) is 6.54. The van der Waals surface area contributed by atoms with Gasteiger partial charge < -0.3 is 14.8 Å². The van der Waals surface area contributed by atoms with Gasteiger partial charge >= 0.3 is 5.97 Å². The van der Waals surface area contributed by atoms with E-state index >= 15 is 0 Å². The van der Waals surface area contributed by atoms with Gasteiger partial charge in [-0.2, -0.15) is 0 Å². The number of rotatable bonds is 8. The number of nitrogens with one attached hydrogen (secondary N) is 1. The van der Waals surface area contributed by atoms with Gasteiger partial charge in [0.15, 0.2) is 0 Å². The normalized spacial score (nSPS) is 17.6. The van der Waals surface area contributed by atoms with Crippen LogP contribution in [0.3, 0.4) is 0 Å². The van der Waals surface area contributed by atoms with Gasteiger partial charge in [-0.3, -0.25) is 0 Å². The van der Waals surface area contributed by atoms with E-state index in [0.717, 1.165) is 25.1 Å². The number of hydrogen-bond donors (Lipinski definition) is 1. The number of ether oxygens (including phenoxy) is 2. The molecule has 1 N–H and O–H groups in total. The van der Waals surface area contributed by atoms with Crippen molar-refractivity contribution >= 4 is 39.9 Å². The first-order valence-corrected chi connectivity index (χ1v) is 13.3. The SMILES string of the molecule is O=C(OCCc1ccc(C2CCNCC2OCc2ccc3ccccc3c2)cc1)c1c(Cl)cccc1Cl. The lowest BCUT2D eigenvalue weighted by Gasteiger charge is -2.32. The predicted molar refractivity (Wildman–Crippen MR) is 150 cm³/mol. The second kappa shape index (κ2) is 12.1. The molecular formula is C31H29Cl2NO3. The van der Waals surface area contributed by atoms with Crippen LogP contribution in [0.4, 0.5) is 0 Å². The summed E-state index contributed by atoms with van der Waals surface area (Å²) in [6.07, 6.45) is 1.74. The lowest BCUT2D eigenvalue weighted by molar-refractivity contribution is 0.0106. The van der Waals surface area contributed by atoms with E-state index in [1.165, 1.54) is 21.9 Å². The van der Waals surface area contributed by atoms with Crippen LogP contribution in [0.1, 0.15) is 39.4 Å². The third kappa shape index (κ3) is 6.34. The maximum atomic E-state index is 12.4. The van der Waals surface area contributed by atoms with Crippen molar-refractivity contribution in [2.75, 3.05) is 19.7 Å². The highest BCUT2D eigenvalue weighted by Gasteiger charge is 2.27. The quantitative estimate of drug-likeness (QED) is 0.243. The number of benzene rings is 4. The largest absolute Gasteiger partial charge is 0.462 e. The van der Waals surface area contributed by atoms with E-state index in [2.05, 4.69) is 72.0 Å². The third-order valence-electron chi connectivity index (χ3n) is 6.90. The Bertz CT molecular complexity index is 1350. The fourth-order valence-electron chi connectivity index (χ4n) is 4.88. The van der Waals surface area contributed by atoms with Gasteiger partial charge in [-0.1, -0.05) is 89.9 Å². The van der Waals surface area contributed by atoms with Crippen LogP contribution in [0.2, 0.25) is 10.0 Å². The molecule has 2 atom stereocenters. The Morgan fingerprint density at radius 1 is 0.865 bits per heavy atom. The van der Waals surface area contributed by atoms with E-state index in [4.69, 9.17) is 32.7 Å². The van der Waals surface area contributed by atoms with Gasteiger partial charge in [-0.15, -0.1) is 0 Å². The number of carbonyl (C=O) groups excluding carboxylic acids is 1. The molecule has 0 spiro atoms. The molecule has 6 heteroatoms. The van der Waals surface area contributed by atoms with E-state index in [1.807, 2.05) is 0 Å². The second-order valence-electron chi connectivity index (χ2n) is 9.35. The monoisotopic (exact) mass is 533 g/mol. The summed E-state index contributed by atoms with van der Waals surface area (Å²) in [6.45, 7) is 2.65. The summed E-state index contributed by atoms with van der Waals surface area (Å²) in [5.41, 5.74) is 3.77. The minimum absolute atomic E-state index is 0.104. The number of hydrogen-bond acceptors (Lipinski definition) is 4. The van der Waals surface area contributed by atoms with Crippen LogP contribution in [0.15, 0.2) is 84.9 Å². The Labute approximate surface area is 227 Å². The van der Waals surface area contributed by atoms with Crippen LogP contribution in [-0.4, -0.2) is 31.8 Å². The minimum atomic E-state index is -0.506. The molecule has 1 heterocycles. The van der Waals surface area contributed by atoms with Crippen molar-refractivity contribution in [1.82, 2.24) is 5.32 Å². The summed E-state index contributed by atoms with van der Waals surface area (Å²) < 4.78 is 11.8. The molecule has 0 bridgehead atoms. The molecule has 0 saturated carbocycles. The number of carbonyl (C=O) groups is 1. The maximum Gasteiger partial charge on any atom is 0.341 e. The molecule has 0 amide bonds. The van der Waals surface area contributed by atoms with Gasteiger partial charge in [0.05, 0.1) is 34.9 Å². The molecule has 1 aliphatic heterocycles. The minimum Gasteiger partial charge on any atom is -0.462 e. The highest BCUT2D eigenvalue weighted by Crippen LogP contribution is 2.29. The third-order valence-corrected chi connectivity index (χ3v) is 7.53. The zero-order valence-electron chi connectivity index (χ0n) is 20.5. The van der Waals surface area contributed by atoms with Crippen molar-refractivity contribution in [2.45, 2.75) is 31.5 Å². The molecule has 4 nitrogen and oxygen atoms in total. The summed E-state index contributed by atoms with van der Waals surface area (Å²) in [6, 6.07) is 28.4. The standard InChI is InChI=1S/C31H29Cl2NO3/c32-27-6-3-7-28(33)30(27)31(35)36-17-15-21-8-12-24(13-9-21)26-14-16-34-19-29(26)37-20-22-10-11-23-4-1-2-5-25(23)18-22/h1-13,18,26,29,34H,14-17,19-20H2. The first-order chi connectivity index (χ1) is 18.1. The summed E-state index contributed by atoms with van der Waals surface area (Å²) in [7, 11) is 0. The van der Waals surface area contributed by atoms with E-state index in [0.29, 0.717) is 29.0 Å².